The van der Waals surface area contributed by atoms with Gasteiger partial charge >= 0.3 is 0 Å². The Bertz CT molecular complexity index is 1250. The van der Waals surface area contributed by atoms with E-state index in [1.165, 1.54) is 30.3 Å². The Morgan fingerprint density at radius 3 is 2.29 bits per heavy atom. The van der Waals surface area contributed by atoms with Gasteiger partial charge in [-0.05, 0) is 54.4 Å². The maximum atomic E-state index is 13.4. The molecule has 1 aliphatic rings. The summed E-state index contributed by atoms with van der Waals surface area (Å²) in [6.07, 6.45) is 0. The van der Waals surface area contributed by atoms with Crippen LogP contribution in [0, 0.1) is 17.0 Å². The molecule has 0 spiro atoms. The molecule has 8 heteroatoms. The maximum Gasteiger partial charge on any atom is 0.282 e. The van der Waals surface area contributed by atoms with E-state index in [2.05, 4.69) is 5.32 Å². The lowest BCUT2D eigenvalue weighted by Gasteiger charge is -2.16. The standard InChI is InChI=1S/C23H16ClN3O4/c1-14-5-2-3-8-19(14)25-21-20(15-9-11-17(12-10-15)27(30)31)22(28)26(23(21)29)18-7-4-6-16(24)13-18/h2-13,25H,1H3. The van der Waals surface area contributed by atoms with Crippen molar-refractivity contribution in [3.05, 3.63) is 105 Å². The second-order valence-corrected chi connectivity index (χ2v) is 7.36. The van der Waals surface area contributed by atoms with Gasteiger partial charge in [-0.15, -0.1) is 0 Å². The summed E-state index contributed by atoms with van der Waals surface area (Å²) in [7, 11) is 0. The van der Waals surface area contributed by atoms with E-state index in [4.69, 9.17) is 11.6 Å². The number of rotatable bonds is 5. The van der Waals surface area contributed by atoms with Crippen LogP contribution in [-0.4, -0.2) is 16.7 Å². The number of para-hydroxylation sites is 1. The van der Waals surface area contributed by atoms with E-state index in [0.717, 1.165) is 10.5 Å². The molecule has 0 saturated heterocycles. The van der Waals surface area contributed by atoms with Crippen LogP contribution in [0.4, 0.5) is 17.1 Å². The van der Waals surface area contributed by atoms with Gasteiger partial charge in [0.25, 0.3) is 17.5 Å². The second-order valence-electron chi connectivity index (χ2n) is 6.92. The van der Waals surface area contributed by atoms with Crippen LogP contribution >= 0.6 is 11.6 Å². The van der Waals surface area contributed by atoms with Gasteiger partial charge in [0.15, 0.2) is 0 Å². The van der Waals surface area contributed by atoms with Crippen molar-refractivity contribution in [3.8, 4) is 0 Å². The number of hydrogen-bond donors (Lipinski definition) is 1. The first kappa shape index (κ1) is 20.3. The third-order valence-electron chi connectivity index (χ3n) is 4.92. The number of imide groups is 1. The Morgan fingerprint density at radius 2 is 1.65 bits per heavy atom. The van der Waals surface area contributed by atoms with E-state index in [0.29, 0.717) is 22.0 Å². The van der Waals surface area contributed by atoms with Gasteiger partial charge < -0.3 is 5.32 Å². The summed E-state index contributed by atoms with van der Waals surface area (Å²) < 4.78 is 0. The number of carbonyl (C=O) groups is 2. The van der Waals surface area contributed by atoms with E-state index in [1.54, 1.807) is 24.3 Å². The van der Waals surface area contributed by atoms with Gasteiger partial charge in [-0.25, -0.2) is 4.90 Å². The van der Waals surface area contributed by atoms with Crippen molar-refractivity contribution in [1.29, 1.82) is 0 Å². The van der Waals surface area contributed by atoms with Gasteiger partial charge in [0.05, 0.1) is 16.2 Å². The molecule has 0 fully saturated rings. The lowest BCUT2D eigenvalue weighted by molar-refractivity contribution is -0.384. The topological polar surface area (TPSA) is 92.6 Å². The molecule has 0 unspecified atom stereocenters. The third kappa shape index (κ3) is 3.78. The molecule has 3 aromatic carbocycles. The smallest absolute Gasteiger partial charge is 0.282 e. The molecule has 0 aromatic heterocycles. The van der Waals surface area contributed by atoms with Crippen molar-refractivity contribution in [3.63, 3.8) is 0 Å². The van der Waals surface area contributed by atoms with Crippen molar-refractivity contribution < 1.29 is 14.5 Å². The van der Waals surface area contributed by atoms with Gasteiger partial charge in [0, 0.05) is 22.8 Å². The van der Waals surface area contributed by atoms with Crippen LogP contribution in [0.3, 0.4) is 0 Å². The number of amides is 2. The summed E-state index contributed by atoms with van der Waals surface area (Å²) in [6, 6.07) is 19.3. The second kappa shape index (κ2) is 8.04. The molecule has 0 aliphatic carbocycles. The number of nitro benzene ring substituents is 1. The molecular formula is C23H16ClN3O4. The normalized spacial score (nSPS) is 13.7. The van der Waals surface area contributed by atoms with Crippen LogP contribution in [0.25, 0.3) is 5.57 Å². The summed E-state index contributed by atoms with van der Waals surface area (Å²) in [6.45, 7) is 1.88. The lowest BCUT2D eigenvalue weighted by Crippen LogP contribution is -2.32. The van der Waals surface area contributed by atoms with Gasteiger partial charge in [0.2, 0.25) is 0 Å². The number of halogens is 1. The number of benzene rings is 3. The monoisotopic (exact) mass is 433 g/mol. The van der Waals surface area contributed by atoms with Crippen LogP contribution in [0.15, 0.2) is 78.5 Å². The van der Waals surface area contributed by atoms with Crippen molar-refractivity contribution >= 4 is 46.1 Å². The number of nitro groups is 1. The summed E-state index contributed by atoms with van der Waals surface area (Å²) >= 11 is 6.06. The molecule has 3 aromatic rings. The molecule has 154 valence electrons. The largest absolute Gasteiger partial charge is 0.350 e. The van der Waals surface area contributed by atoms with E-state index in [-0.39, 0.29) is 17.0 Å². The average Bonchev–Trinajstić information content (AvgIpc) is 2.99. The number of nitrogens with one attached hydrogen (secondary N) is 1. The number of aryl methyl sites for hydroxylation is 1. The molecule has 0 radical (unpaired) electrons. The number of carbonyl (C=O) groups excluding carboxylic acids is 2. The first-order chi connectivity index (χ1) is 14.9. The van der Waals surface area contributed by atoms with Gasteiger partial charge in [-0.2, -0.15) is 0 Å². The average molecular weight is 434 g/mol. The van der Waals surface area contributed by atoms with Crippen molar-refractivity contribution in [1.82, 2.24) is 0 Å². The summed E-state index contributed by atoms with van der Waals surface area (Å²) in [5.74, 6) is -1.08. The molecule has 0 atom stereocenters. The first-order valence-corrected chi connectivity index (χ1v) is 9.70. The van der Waals surface area contributed by atoms with Crippen LogP contribution in [0.2, 0.25) is 5.02 Å². The number of hydrogen-bond acceptors (Lipinski definition) is 5. The Morgan fingerprint density at radius 1 is 0.935 bits per heavy atom. The highest BCUT2D eigenvalue weighted by molar-refractivity contribution is 6.46. The first-order valence-electron chi connectivity index (χ1n) is 9.33. The van der Waals surface area contributed by atoms with Gasteiger partial charge in [-0.1, -0.05) is 35.9 Å². The van der Waals surface area contributed by atoms with Gasteiger partial charge in [0.1, 0.15) is 5.70 Å². The maximum absolute atomic E-state index is 13.4. The van der Waals surface area contributed by atoms with Crippen molar-refractivity contribution in [2.45, 2.75) is 6.92 Å². The van der Waals surface area contributed by atoms with Crippen LogP contribution in [0.5, 0.6) is 0 Å². The number of non-ortho nitro benzene ring substituents is 1. The summed E-state index contributed by atoms with van der Waals surface area (Å²) in [5.41, 5.74) is 2.40. The Hall–Kier alpha value is -3.97. The fraction of sp³-hybridized carbons (Fsp3) is 0.0435. The van der Waals surface area contributed by atoms with Crippen LogP contribution < -0.4 is 10.2 Å². The zero-order chi connectivity index (χ0) is 22.1. The van der Waals surface area contributed by atoms with Crippen molar-refractivity contribution in [2.75, 3.05) is 10.2 Å². The molecule has 0 bridgehead atoms. The lowest BCUT2D eigenvalue weighted by atomic mass is 10.0. The molecule has 4 rings (SSSR count). The number of nitrogens with zero attached hydrogens (tertiary/aromatic N) is 2. The Balaban J connectivity index is 1.84. The quantitative estimate of drug-likeness (QED) is 0.349. The highest BCUT2D eigenvalue weighted by Gasteiger charge is 2.40. The summed E-state index contributed by atoms with van der Waals surface area (Å²) in [4.78, 5) is 38.2. The third-order valence-corrected chi connectivity index (χ3v) is 5.16. The molecule has 2 amide bonds. The Kier molecular flexibility index (Phi) is 5.27. The minimum atomic E-state index is -0.544. The van der Waals surface area contributed by atoms with E-state index >= 15 is 0 Å². The SMILES string of the molecule is Cc1ccccc1NC1=C(c2ccc([N+](=O)[O-])cc2)C(=O)N(c2cccc(Cl)c2)C1=O. The van der Waals surface area contributed by atoms with E-state index < -0.39 is 16.7 Å². The van der Waals surface area contributed by atoms with Crippen LogP contribution in [-0.2, 0) is 9.59 Å². The zero-order valence-corrected chi connectivity index (χ0v) is 17.1. The Labute approximate surface area is 182 Å². The minimum absolute atomic E-state index is 0.0909. The number of anilines is 2. The fourth-order valence-corrected chi connectivity index (χ4v) is 3.55. The summed E-state index contributed by atoms with van der Waals surface area (Å²) in [5, 5.41) is 14.5. The highest BCUT2D eigenvalue weighted by Crippen LogP contribution is 2.35. The molecule has 1 heterocycles. The molecule has 7 nitrogen and oxygen atoms in total. The van der Waals surface area contributed by atoms with Gasteiger partial charge in [-0.3, -0.25) is 19.7 Å². The van der Waals surface area contributed by atoms with E-state index in [1.807, 2.05) is 25.1 Å². The predicted molar refractivity (Wildman–Crippen MR) is 119 cm³/mol. The molecule has 0 saturated carbocycles. The fourth-order valence-electron chi connectivity index (χ4n) is 3.36. The molecule has 31 heavy (non-hydrogen) atoms. The van der Waals surface area contributed by atoms with Crippen molar-refractivity contribution in [2.24, 2.45) is 0 Å². The zero-order valence-electron chi connectivity index (χ0n) is 16.3. The molecule has 1 aliphatic heterocycles. The molecule has 1 N–H and O–H groups in total. The van der Waals surface area contributed by atoms with E-state index in [9.17, 15) is 19.7 Å². The highest BCUT2D eigenvalue weighted by atomic mass is 35.5. The minimum Gasteiger partial charge on any atom is -0.350 e. The van der Waals surface area contributed by atoms with Crippen LogP contribution in [0.1, 0.15) is 11.1 Å². The predicted octanol–water partition coefficient (Wildman–Crippen LogP) is 4.95. The molecular weight excluding hydrogens is 418 g/mol.